The van der Waals surface area contributed by atoms with Gasteiger partial charge in [-0.1, -0.05) is 23.4 Å². The number of rotatable bonds is 3. The molecule has 2 aromatic carbocycles. The first-order valence-corrected chi connectivity index (χ1v) is 7.78. The van der Waals surface area contributed by atoms with Gasteiger partial charge in [-0.2, -0.15) is 0 Å². The Kier molecular flexibility index (Phi) is 4.36. The van der Waals surface area contributed by atoms with Crippen molar-refractivity contribution in [1.82, 2.24) is 0 Å². The molecule has 108 valence electrons. The molecular formula is C16H13ClO3S. The van der Waals surface area contributed by atoms with Crippen molar-refractivity contribution in [2.24, 2.45) is 0 Å². The van der Waals surface area contributed by atoms with Crippen molar-refractivity contribution in [3.8, 4) is 11.5 Å². The Morgan fingerprint density at radius 2 is 1.71 bits per heavy atom. The Hall–Kier alpha value is -1.65. The lowest BCUT2D eigenvalue weighted by Gasteiger charge is -2.09. The number of hydrogen-bond acceptors (Lipinski definition) is 4. The molecule has 3 rings (SSSR count). The zero-order valence-corrected chi connectivity index (χ0v) is 12.7. The molecule has 5 heteroatoms. The van der Waals surface area contributed by atoms with Crippen LogP contribution in [0.15, 0.2) is 46.2 Å². The predicted molar refractivity (Wildman–Crippen MR) is 83.0 cm³/mol. The van der Waals surface area contributed by atoms with Crippen molar-refractivity contribution in [2.45, 2.75) is 16.2 Å². The van der Waals surface area contributed by atoms with Crippen molar-refractivity contribution in [3.05, 3.63) is 47.0 Å². The smallest absolute Gasteiger partial charge is 0.162 e. The van der Waals surface area contributed by atoms with Gasteiger partial charge in [0.2, 0.25) is 0 Å². The van der Waals surface area contributed by atoms with E-state index in [0.29, 0.717) is 23.8 Å². The maximum atomic E-state index is 10.8. The van der Waals surface area contributed by atoms with Gasteiger partial charge >= 0.3 is 0 Å². The van der Waals surface area contributed by atoms with Gasteiger partial charge in [0, 0.05) is 21.8 Å². The minimum absolute atomic E-state index is 0.462. The van der Waals surface area contributed by atoms with E-state index < -0.39 is 0 Å². The van der Waals surface area contributed by atoms with Crippen molar-refractivity contribution >= 4 is 29.6 Å². The van der Waals surface area contributed by atoms with E-state index in [2.05, 4.69) is 0 Å². The molecule has 0 fully saturated rings. The van der Waals surface area contributed by atoms with Crippen molar-refractivity contribution in [1.29, 1.82) is 0 Å². The summed E-state index contributed by atoms with van der Waals surface area (Å²) in [7, 11) is 0. The summed E-state index contributed by atoms with van der Waals surface area (Å²) in [6.07, 6.45) is 1.64. The van der Waals surface area contributed by atoms with Gasteiger partial charge < -0.3 is 9.47 Å². The van der Waals surface area contributed by atoms with Crippen LogP contribution in [0.3, 0.4) is 0 Å². The van der Waals surface area contributed by atoms with Gasteiger partial charge in [0.05, 0.1) is 18.2 Å². The number of hydrogen-bond donors (Lipinski definition) is 0. The summed E-state index contributed by atoms with van der Waals surface area (Å²) >= 11 is 7.61. The van der Waals surface area contributed by atoms with Gasteiger partial charge in [-0.05, 0) is 36.4 Å². The SMILES string of the molecule is O=Cc1ccc(Sc2ccc3c(c2)OCCCO3)cc1Cl. The van der Waals surface area contributed by atoms with E-state index >= 15 is 0 Å². The minimum Gasteiger partial charge on any atom is -0.490 e. The number of halogens is 1. The summed E-state index contributed by atoms with van der Waals surface area (Å²) in [5.74, 6) is 1.55. The van der Waals surface area contributed by atoms with Crippen LogP contribution in [0.4, 0.5) is 0 Å². The summed E-state index contributed by atoms with van der Waals surface area (Å²) in [6, 6.07) is 11.3. The molecular weight excluding hydrogens is 308 g/mol. The third-order valence-electron chi connectivity index (χ3n) is 3.05. The number of fused-ring (bicyclic) bond motifs is 1. The molecule has 2 aromatic rings. The number of carbonyl (C=O) groups is 1. The molecule has 0 bridgehead atoms. The summed E-state index contributed by atoms with van der Waals surface area (Å²) in [6.45, 7) is 1.35. The van der Waals surface area contributed by atoms with E-state index in [9.17, 15) is 4.79 Å². The lowest BCUT2D eigenvalue weighted by molar-refractivity contribution is 0.112. The maximum Gasteiger partial charge on any atom is 0.162 e. The van der Waals surface area contributed by atoms with E-state index in [1.807, 2.05) is 24.3 Å². The highest BCUT2D eigenvalue weighted by molar-refractivity contribution is 7.99. The van der Waals surface area contributed by atoms with E-state index in [4.69, 9.17) is 21.1 Å². The first-order chi connectivity index (χ1) is 10.3. The van der Waals surface area contributed by atoms with Crippen LogP contribution in [0, 0.1) is 0 Å². The fraction of sp³-hybridized carbons (Fsp3) is 0.188. The topological polar surface area (TPSA) is 35.5 Å². The summed E-state index contributed by atoms with van der Waals surface area (Å²) < 4.78 is 11.3. The molecule has 0 unspecified atom stereocenters. The number of carbonyl (C=O) groups excluding carboxylic acids is 1. The van der Waals surface area contributed by atoms with Gasteiger partial charge in [-0.3, -0.25) is 4.79 Å². The largest absolute Gasteiger partial charge is 0.490 e. The number of ether oxygens (including phenoxy) is 2. The standard InChI is InChI=1S/C16H13ClO3S/c17-14-8-12(3-2-11(14)10-18)21-13-4-5-15-16(9-13)20-7-1-6-19-15/h2-5,8-10H,1,6-7H2. The van der Waals surface area contributed by atoms with Crippen LogP contribution in [-0.4, -0.2) is 19.5 Å². The molecule has 0 saturated heterocycles. The van der Waals surface area contributed by atoms with Gasteiger partial charge in [0.15, 0.2) is 17.8 Å². The van der Waals surface area contributed by atoms with Crippen LogP contribution in [0.5, 0.6) is 11.5 Å². The third-order valence-corrected chi connectivity index (χ3v) is 4.36. The van der Waals surface area contributed by atoms with Crippen molar-refractivity contribution in [2.75, 3.05) is 13.2 Å². The van der Waals surface area contributed by atoms with Crippen LogP contribution in [0.25, 0.3) is 0 Å². The van der Waals surface area contributed by atoms with Crippen molar-refractivity contribution in [3.63, 3.8) is 0 Å². The van der Waals surface area contributed by atoms with Crippen LogP contribution >= 0.6 is 23.4 Å². The van der Waals surface area contributed by atoms with E-state index in [-0.39, 0.29) is 0 Å². The molecule has 0 N–H and O–H groups in total. The second kappa shape index (κ2) is 6.41. The fourth-order valence-corrected chi connectivity index (χ4v) is 3.19. The first kappa shape index (κ1) is 14.3. The molecule has 0 aromatic heterocycles. The Bertz CT molecular complexity index is 673. The molecule has 21 heavy (non-hydrogen) atoms. The Morgan fingerprint density at radius 1 is 1.00 bits per heavy atom. The third kappa shape index (κ3) is 3.34. The maximum absolute atomic E-state index is 10.8. The second-order valence-corrected chi connectivity index (χ2v) is 6.12. The quantitative estimate of drug-likeness (QED) is 0.782. The highest BCUT2D eigenvalue weighted by Gasteiger charge is 2.11. The van der Waals surface area contributed by atoms with Gasteiger partial charge in [-0.15, -0.1) is 0 Å². The summed E-state index contributed by atoms with van der Waals surface area (Å²) in [4.78, 5) is 12.8. The average molecular weight is 321 g/mol. The van der Waals surface area contributed by atoms with E-state index in [1.54, 1.807) is 23.9 Å². The molecule has 0 amide bonds. The van der Waals surface area contributed by atoms with Crippen LogP contribution < -0.4 is 9.47 Å². The molecule has 1 heterocycles. The zero-order chi connectivity index (χ0) is 14.7. The van der Waals surface area contributed by atoms with E-state index in [0.717, 1.165) is 34.0 Å². The van der Waals surface area contributed by atoms with Gasteiger partial charge in [0.25, 0.3) is 0 Å². The van der Waals surface area contributed by atoms with E-state index in [1.165, 1.54) is 0 Å². The highest BCUT2D eigenvalue weighted by atomic mass is 35.5. The molecule has 0 aliphatic carbocycles. The Labute approximate surface area is 132 Å². The van der Waals surface area contributed by atoms with Crippen LogP contribution in [-0.2, 0) is 0 Å². The molecule has 1 aliphatic rings. The highest BCUT2D eigenvalue weighted by Crippen LogP contribution is 2.37. The summed E-state index contributed by atoms with van der Waals surface area (Å²) in [5, 5.41) is 0.462. The Morgan fingerprint density at radius 3 is 2.48 bits per heavy atom. The normalized spacial score (nSPS) is 13.6. The molecule has 0 spiro atoms. The molecule has 0 atom stereocenters. The van der Waals surface area contributed by atoms with Crippen LogP contribution in [0.2, 0.25) is 5.02 Å². The molecule has 1 aliphatic heterocycles. The number of aldehydes is 1. The second-order valence-electron chi connectivity index (χ2n) is 4.56. The molecule has 0 radical (unpaired) electrons. The predicted octanol–water partition coefficient (Wildman–Crippen LogP) is 4.47. The lowest BCUT2D eigenvalue weighted by Crippen LogP contribution is -1.97. The number of benzene rings is 2. The lowest BCUT2D eigenvalue weighted by atomic mass is 10.2. The van der Waals surface area contributed by atoms with Gasteiger partial charge in [0.1, 0.15) is 0 Å². The average Bonchev–Trinajstić information content (AvgIpc) is 2.72. The zero-order valence-electron chi connectivity index (χ0n) is 11.2. The summed E-state index contributed by atoms with van der Waals surface area (Å²) in [5.41, 5.74) is 0.500. The minimum atomic E-state index is 0.462. The molecule has 0 saturated carbocycles. The Balaban J connectivity index is 1.83. The fourth-order valence-electron chi connectivity index (χ4n) is 2.01. The van der Waals surface area contributed by atoms with Crippen LogP contribution in [0.1, 0.15) is 16.8 Å². The first-order valence-electron chi connectivity index (χ1n) is 6.58. The van der Waals surface area contributed by atoms with Gasteiger partial charge in [-0.25, -0.2) is 0 Å². The van der Waals surface area contributed by atoms with Crippen molar-refractivity contribution < 1.29 is 14.3 Å². The monoisotopic (exact) mass is 320 g/mol. The molecule has 3 nitrogen and oxygen atoms in total.